The molecule has 1 aromatic rings. The van der Waals surface area contributed by atoms with Crippen molar-refractivity contribution in [2.75, 3.05) is 0 Å². The molecule has 0 aliphatic heterocycles. The molecule has 1 fully saturated rings. The zero-order chi connectivity index (χ0) is 10.1. The number of aryl methyl sites for hydroxylation is 1. The maximum absolute atomic E-state index is 9.36. The minimum atomic E-state index is 0.172. The molecule has 76 valence electrons. The first-order valence-electron chi connectivity index (χ1n) is 5.29. The number of benzene rings is 1. The third-order valence-corrected chi connectivity index (χ3v) is 3.00. The monoisotopic (exact) mass is 191 g/mol. The number of phenols is 1. The molecule has 0 heterocycles. The molecular weight excluding hydrogens is 174 g/mol. The lowest BCUT2D eigenvalue weighted by molar-refractivity contribution is 0.473. The van der Waals surface area contributed by atoms with Crippen LogP contribution < -0.4 is 5.73 Å². The quantitative estimate of drug-likeness (QED) is 0.770. The van der Waals surface area contributed by atoms with E-state index in [-0.39, 0.29) is 6.04 Å². The Morgan fingerprint density at radius 1 is 1.50 bits per heavy atom. The Labute approximate surface area is 84.7 Å². The molecule has 1 aliphatic rings. The number of aromatic hydroxyl groups is 1. The second-order valence-electron chi connectivity index (χ2n) is 4.10. The Hall–Kier alpha value is -1.02. The van der Waals surface area contributed by atoms with Crippen molar-refractivity contribution < 1.29 is 5.11 Å². The summed E-state index contributed by atoms with van der Waals surface area (Å²) in [4.78, 5) is 0. The Bertz CT molecular complexity index is 331. The average molecular weight is 191 g/mol. The Morgan fingerprint density at radius 3 is 2.79 bits per heavy atom. The van der Waals surface area contributed by atoms with Gasteiger partial charge in [-0.2, -0.15) is 0 Å². The number of hydrogen-bond donors (Lipinski definition) is 2. The third-order valence-electron chi connectivity index (χ3n) is 3.00. The first-order chi connectivity index (χ1) is 6.72. The molecule has 2 nitrogen and oxygen atoms in total. The highest BCUT2D eigenvalue weighted by Gasteiger charge is 2.30. The number of hydrogen-bond acceptors (Lipinski definition) is 2. The molecule has 1 unspecified atom stereocenters. The zero-order valence-corrected chi connectivity index (χ0v) is 8.53. The van der Waals surface area contributed by atoms with Crippen molar-refractivity contribution in [3.8, 4) is 5.75 Å². The molecule has 14 heavy (non-hydrogen) atoms. The van der Waals surface area contributed by atoms with Gasteiger partial charge in [-0.25, -0.2) is 0 Å². The minimum Gasteiger partial charge on any atom is -0.508 e. The van der Waals surface area contributed by atoms with E-state index < -0.39 is 0 Å². The predicted octanol–water partition coefficient (Wildman–Crippen LogP) is 2.36. The smallest absolute Gasteiger partial charge is 0.115 e. The van der Waals surface area contributed by atoms with E-state index >= 15 is 0 Å². The van der Waals surface area contributed by atoms with Crippen LogP contribution in [0.4, 0.5) is 0 Å². The van der Waals surface area contributed by atoms with Crippen LogP contribution in [0.1, 0.15) is 36.9 Å². The van der Waals surface area contributed by atoms with E-state index in [1.54, 1.807) is 6.07 Å². The molecule has 1 saturated carbocycles. The van der Waals surface area contributed by atoms with Gasteiger partial charge in [-0.15, -0.1) is 0 Å². The molecule has 0 radical (unpaired) electrons. The fourth-order valence-electron chi connectivity index (χ4n) is 1.93. The summed E-state index contributed by atoms with van der Waals surface area (Å²) in [6.07, 6.45) is 3.44. The summed E-state index contributed by atoms with van der Waals surface area (Å²) in [6, 6.07) is 5.70. The van der Waals surface area contributed by atoms with Crippen LogP contribution in [-0.2, 0) is 6.42 Å². The van der Waals surface area contributed by atoms with Crippen molar-refractivity contribution in [2.24, 2.45) is 11.7 Å². The maximum atomic E-state index is 9.36. The van der Waals surface area contributed by atoms with Crippen LogP contribution in [0.2, 0.25) is 0 Å². The van der Waals surface area contributed by atoms with E-state index in [0.717, 1.165) is 6.42 Å². The van der Waals surface area contributed by atoms with Gasteiger partial charge in [-0.3, -0.25) is 0 Å². The largest absolute Gasteiger partial charge is 0.508 e. The van der Waals surface area contributed by atoms with Gasteiger partial charge in [0, 0.05) is 6.04 Å². The van der Waals surface area contributed by atoms with Gasteiger partial charge in [-0.1, -0.05) is 13.0 Å². The van der Waals surface area contributed by atoms with Crippen molar-refractivity contribution in [2.45, 2.75) is 32.2 Å². The van der Waals surface area contributed by atoms with Crippen molar-refractivity contribution in [3.05, 3.63) is 29.3 Å². The average Bonchev–Trinajstić information content (AvgIpc) is 3.00. The second kappa shape index (κ2) is 3.62. The highest BCUT2D eigenvalue weighted by atomic mass is 16.3. The molecule has 0 bridgehead atoms. The molecule has 1 atom stereocenters. The summed E-state index contributed by atoms with van der Waals surface area (Å²) in [5.41, 5.74) is 8.55. The molecular formula is C12H17NO. The van der Waals surface area contributed by atoms with Gasteiger partial charge in [0.15, 0.2) is 0 Å². The highest BCUT2D eigenvalue weighted by molar-refractivity contribution is 5.37. The highest BCUT2D eigenvalue weighted by Crippen LogP contribution is 2.40. The normalized spacial score (nSPS) is 18.1. The number of phenolic OH excluding ortho intramolecular Hbond substituents is 1. The molecule has 0 aromatic heterocycles. The molecule has 0 spiro atoms. The van der Waals surface area contributed by atoms with Gasteiger partial charge < -0.3 is 10.8 Å². The summed E-state index contributed by atoms with van der Waals surface area (Å²) in [5, 5.41) is 9.36. The number of rotatable bonds is 3. The van der Waals surface area contributed by atoms with Gasteiger partial charge >= 0.3 is 0 Å². The van der Waals surface area contributed by atoms with E-state index in [1.807, 2.05) is 12.1 Å². The van der Waals surface area contributed by atoms with Crippen molar-refractivity contribution >= 4 is 0 Å². The van der Waals surface area contributed by atoms with E-state index in [2.05, 4.69) is 6.92 Å². The fourth-order valence-corrected chi connectivity index (χ4v) is 1.93. The summed E-state index contributed by atoms with van der Waals surface area (Å²) < 4.78 is 0. The summed E-state index contributed by atoms with van der Waals surface area (Å²) in [6.45, 7) is 2.10. The second-order valence-corrected chi connectivity index (χ2v) is 4.10. The lowest BCUT2D eigenvalue weighted by atomic mass is 9.96. The van der Waals surface area contributed by atoms with E-state index in [4.69, 9.17) is 5.73 Å². The van der Waals surface area contributed by atoms with E-state index in [0.29, 0.717) is 11.7 Å². The van der Waals surface area contributed by atoms with Crippen LogP contribution >= 0.6 is 0 Å². The Kier molecular flexibility index (Phi) is 2.46. The predicted molar refractivity (Wildman–Crippen MR) is 57.1 cm³/mol. The molecule has 1 aromatic carbocycles. The van der Waals surface area contributed by atoms with E-state index in [9.17, 15) is 5.11 Å². The fraction of sp³-hybridized carbons (Fsp3) is 0.500. The lowest BCUT2D eigenvalue weighted by Crippen LogP contribution is -2.14. The van der Waals surface area contributed by atoms with Gasteiger partial charge in [0.2, 0.25) is 0 Å². The van der Waals surface area contributed by atoms with Crippen LogP contribution in [0.3, 0.4) is 0 Å². The summed E-state index contributed by atoms with van der Waals surface area (Å²) >= 11 is 0. The van der Waals surface area contributed by atoms with Gasteiger partial charge in [0.25, 0.3) is 0 Å². The number of nitrogens with two attached hydrogens (primary N) is 1. The molecule has 3 N–H and O–H groups in total. The van der Waals surface area contributed by atoms with Crippen LogP contribution in [0.15, 0.2) is 18.2 Å². The van der Waals surface area contributed by atoms with Crippen LogP contribution in [0, 0.1) is 5.92 Å². The van der Waals surface area contributed by atoms with E-state index in [1.165, 1.54) is 24.0 Å². The SMILES string of the molecule is CCc1cc(O)ccc1C(N)C1CC1. The first-order valence-corrected chi connectivity index (χ1v) is 5.29. The van der Waals surface area contributed by atoms with Crippen LogP contribution in [0.25, 0.3) is 0 Å². The van der Waals surface area contributed by atoms with Crippen LogP contribution in [-0.4, -0.2) is 5.11 Å². The third kappa shape index (κ3) is 1.75. The standard InChI is InChI=1S/C12H17NO/c1-2-8-7-10(14)5-6-11(8)12(13)9-3-4-9/h5-7,9,12,14H,2-4,13H2,1H3. The molecule has 0 amide bonds. The molecule has 0 saturated heterocycles. The Balaban J connectivity index is 2.30. The van der Waals surface area contributed by atoms with Crippen molar-refractivity contribution in [1.82, 2.24) is 0 Å². The summed E-state index contributed by atoms with van der Waals surface area (Å²) in [7, 11) is 0. The van der Waals surface area contributed by atoms with Crippen molar-refractivity contribution in [1.29, 1.82) is 0 Å². The van der Waals surface area contributed by atoms with Gasteiger partial charge in [-0.05, 0) is 48.4 Å². The van der Waals surface area contributed by atoms with Crippen LogP contribution in [0.5, 0.6) is 5.75 Å². The van der Waals surface area contributed by atoms with Gasteiger partial charge in [0.1, 0.15) is 5.75 Å². The molecule has 1 aliphatic carbocycles. The van der Waals surface area contributed by atoms with Gasteiger partial charge in [0.05, 0.1) is 0 Å². The summed E-state index contributed by atoms with van der Waals surface area (Å²) in [5.74, 6) is 1.01. The maximum Gasteiger partial charge on any atom is 0.115 e. The topological polar surface area (TPSA) is 46.2 Å². The first kappa shape index (κ1) is 9.53. The molecule has 2 heteroatoms. The zero-order valence-electron chi connectivity index (χ0n) is 8.53. The Morgan fingerprint density at radius 2 is 2.21 bits per heavy atom. The molecule has 2 rings (SSSR count). The lowest BCUT2D eigenvalue weighted by Gasteiger charge is -2.15. The minimum absolute atomic E-state index is 0.172. The van der Waals surface area contributed by atoms with Crippen molar-refractivity contribution in [3.63, 3.8) is 0 Å².